The summed E-state index contributed by atoms with van der Waals surface area (Å²) in [5.41, 5.74) is -1.41. The van der Waals surface area contributed by atoms with Crippen molar-refractivity contribution in [3.63, 3.8) is 0 Å². The maximum atomic E-state index is 12.5. The molecule has 3 rings (SSSR count). The van der Waals surface area contributed by atoms with E-state index in [1.807, 2.05) is 53.3 Å². The zero-order valence-electron chi connectivity index (χ0n) is 24.4. The van der Waals surface area contributed by atoms with Crippen LogP contribution in [-0.4, -0.2) is 69.4 Å². The van der Waals surface area contributed by atoms with Gasteiger partial charge in [-0.2, -0.15) is 11.8 Å². The van der Waals surface area contributed by atoms with E-state index in [-0.39, 0.29) is 71.6 Å². The van der Waals surface area contributed by atoms with E-state index in [1.54, 1.807) is 0 Å². The van der Waals surface area contributed by atoms with E-state index in [9.17, 15) is 24.3 Å². The molecule has 3 fully saturated rings. The van der Waals surface area contributed by atoms with Gasteiger partial charge in [-0.25, -0.2) is 4.79 Å². The van der Waals surface area contributed by atoms with Crippen LogP contribution in [0.1, 0.15) is 99.3 Å². The summed E-state index contributed by atoms with van der Waals surface area (Å²) in [4.78, 5) is 48.9. The molecule has 3 aliphatic rings. The highest BCUT2D eigenvalue weighted by molar-refractivity contribution is 8.00. The maximum absolute atomic E-state index is 12.5. The predicted molar refractivity (Wildman–Crippen MR) is 153 cm³/mol. The molecule has 0 aromatic rings. The Morgan fingerprint density at radius 3 is 2.38 bits per heavy atom. The topological polar surface area (TPSA) is 134 Å². The van der Waals surface area contributed by atoms with E-state index in [1.165, 1.54) is 0 Å². The second-order valence-corrected chi connectivity index (χ2v) is 14.6. The fourth-order valence-corrected chi connectivity index (χ4v) is 7.11. The van der Waals surface area contributed by atoms with Crippen LogP contribution >= 0.6 is 11.8 Å². The van der Waals surface area contributed by atoms with Gasteiger partial charge in [0, 0.05) is 48.8 Å². The molecule has 0 aromatic carbocycles. The highest BCUT2D eigenvalue weighted by Gasteiger charge is 2.42. The van der Waals surface area contributed by atoms with Crippen LogP contribution in [-0.2, 0) is 19.1 Å². The summed E-state index contributed by atoms with van der Waals surface area (Å²) in [5, 5.41) is 20.0. The van der Waals surface area contributed by atoms with Crippen molar-refractivity contribution in [3.05, 3.63) is 11.3 Å². The zero-order valence-corrected chi connectivity index (χ0v) is 25.2. The number of ketones is 2. The van der Waals surface area contributed by atoms with Crippen LogP contribution in [0.4, 0.5) is 4.79 Å². The van der Waals surface area contributed by atoms with Crippen LogP contribution in [0.3, 0.4) is 0 Å². The Labute approximate surface area is 237 Å². The fraction of sp³-hybridized carbons (Fsp3) is 0.793. The molecule has 4 N–H and O–H groups in total. The Hall–Kier alpha value is -2.07. The molecule has 0 unspecified atom stereocenters. The number of fused-ring (bicyclic) bond motifs is 1. The number of thioether (sulfide) groups is 1. The Kier molecular flexibility index (Phi) is 10.2. The molecule has 0 spiro atoms. The average molecular weight is 566 g/mol. The number of ether oxygens (including phenoxy) is 1. The molecule has 0 aromatic heterocycles. The van der Waals surface area contributed by atoms with Gasteiger partial charge in [-0.1, -0.05) is 20.3 Å². The number of nitrogens with one attached hydrogen (secondary N) is 3. The van der Waals surface area contributed by atoms with Crippen molar-refractivity contribution in [1.29, 1.82) is 0 Å². The first-order chi connectivity index (χ1) is 18.1. The summed E-state index contributed by atoms with van der Waals surface area (Å²) in [7, 11) is 0. The summed E-state index contributed by atoms with van der Waals surface area (Å²) in [6.45, 7) is 12.0. The van der Waals surface area contributed by atoms with Crippen LogP contribution in [0.15, 0.2) is 11.3 Å². The van der Waals surface area contributed by atoms with Crippen LogP contribution in [0.5, 0.6) is 0 Å². The molecule has 2 aliphatic heterocycles. The largest absolute Gasteiger partial charge is 0.511 e. The molecule has 2 saturated heterocycles. The van der Waals surface area contributed by atoms with Crippen molar-refractivity contribution >= 4 is 35.3 Å². The summed E-state index contributed by atoms with van der Waals surface area (Å²) in [6, 6.07) is 0.352. The second-order valence-electron chi connectivity index (χ2n) is 13.3. The zero-order chi connectivity index (χ0) is 29.0. The van der Waals surface area contributed by atoms with Gasteiger partial charge in [0.25, 0.3) is 0 Å². The van der Waals surface area contributed by atoms with Crippen molar-refractivity contribution in [3.8, 4) is 0 Å². The standard InChI is InChI=1S/C29H47N3O6S/c1-27(2)15-20(34)24(21(35)16-27)19(33)11-12-29(5,6)38-14-13-28(3,4)32-23(36)10-8-7-9-22-25-18(17-39-22)30-26(37)31-25/h18,22,25,33H,7-17H2,1-6H3,(H,32,36)(H2,30,31,37)/t18-,22-,25-/m0/s1. The lowest BCUT2D eigenvalue weighted by molar-refractivity contribution is -0.128. The Bertz CT molecular complexity index is 968. The minimum atomic E-state index is -0.569. The summed E-state index contributed by atoms with van der Waals surface area (Å²) < 4.78 is 6.08. The van der Waals surface area contributed by atoms with Gasteiger partial charge in [0.1, 0.15) is 5.76 Å². The van der Waals surface area contributed by atoms with E-state index in [2.05, 4.69) is 16.0 Å². The Balaban J connectivity index is 1.33. The van der Waals surface area contributed by atoms with Gasteiger partial charge < -0.3 is 25.8 Å². The van der Waals surface area contributed by atoms with E-state index in [4.69, 9.17) is 4.74 Å². The monoisotopic (exact) mass is 565 g/mol. The van der Waals surface area contributed by atoms with E-state index >= 15 is 0 Å². The SMILES string of the molecule is CC1(C)CC(=O)C(=C(O)CCC(C)(C)OCCC(C)(C)NC(=O)CCCC[C@@H]2SC[C@@H]3NC(=O)N[C@@H]32)C(=O)C1. The van der Waals surface area contributed by atoms with Gasteiger partial charge in [0.15, 0.2) is 11.6 Å². The van der Waals surface area contributed by atoms with Gasteiger partial charge in [-0.3, -0.25) is 14.4 Å². The fourth-order valence-electron chi connectivity index (χ4n) is 5.56. The van der Waals surface area contributed by atoms with Gasteiger partial charge >= 0.3 is 6.03 Å². The first-order valence-electron chi connectivity index (χ1n) is 14.2. The van der Waals surface area contributed by atoms with Crippen molar-refractivity contribution in [2.45, 2.75) is 128 Å². The minimum Gasteiger partial charge on any atom is -0.511 e. The molecular formula is C29H47N3O6S. The minimum absolute atomic E-state index is 0.0218. The van der Waals surface area contributed by atoms with E-state index in [0.717, 1.165) is 25.0 Å². The van der Waals surface area contributed by atoms with Crippen LogP contribution in [0.2, 0.25) is 0 Å². The predicted octanol–water partition coefficient (Wildman–Crippen LogP) is 4.34. The van der Waals surface area contributed by atoms with Crippen molar-refractivity contribution < 1.29 is 29.0 Å². The molecule has 10 heteroatoms. The van der Waals surface area contributed by atoms with Crippen LogP contribution < -0.4 is 16.0 Å². The third-order valence-electron chi connectivity index (χ3n) is 7.87. The number of carbonyl (C=O) groups is 4. The van der Waals surface area contributed by atoms with E-state index in [0.29, 0.717) is 31.1 Å². The van der Waals surface area contributed by atoms with Crippen LogP contribution in [0, 0.1) is 5.41 Å². The Morgan fingerprint density at radius 1 is 1.05 bits per heavy atom. The summed E-state index contributed by atoms with van der Waals surface area (Å²) in [5.74, 6) is 0.263. The normalized spacial score (nSPS) is 24.8. The molecule has 220 valence electrons. The molecule has 0 radical (unpaired) electrons. The third kappa shape index (κ3) is 9.23. The molecule has 3 atom stereocenters. The third-order valence-corrected chi connectivity index (χ3v) is 9.38. The number of allylic oxidation sites excluding steroid dienone is 2. The lowest BCUT2D eigenvalue weighted by Crippen LogP contribution is -2.44. The lowest BCUT2D eigenvalue weighted by Gasteiger charge is -2.31. The molecule has 1 aliphatic carbocycles. The van der Waals surface area contributed by atoms with Gasteiger partial charge in [0.2, 0.25) is 5.91 Å². The van der Waals surface area contributed by atoms with Crippen molar-refractivity contribution in [2.24, 2.45) is 5.41 Å². The first-order valence-corrected chi connectivity index (χ1v) is 15.2. The molecule has 2 heterocycles. The molecule has 9 nitrogen and oxygen atoms in total. The summed E-state index contributed by atoms with van der Waals surface area (Å²) >= 11 is 1.89. The second kappa shape index (κ2) is 12.6. The highest BCUT2D eigenvalue weighted by atomic mass is 32.2. The molecular weight excluding hydrogens is 518 g/mol. The van der Waals surface area contributed by atoms with Gasteiger partial charge in [-0.15, -0.1) is 0 Å². The number of unbranched alkanes of at least 4 members (excludes halogenated alkanes) is 1. The quantitative estimate of drug-likeness (QED) is 0.0858. The number of hydrogen-bond acceptors (Lipinski definition) is 7. The number of carbonyl (C=O) groups excluding carboxylic acids is 4. The number of hydrogen-bond donors (Lipinski definition) is 4. The molecule has 0 bridgehead atoms. The van der Waals surface area contributed by atoms with Crippen molar-refractivity contribution in [1.82, 2.24) is 16.0 Å². The van der Waals surface area contributed by atoms with Crippen LogP contribution in [0.25, 0.3) is 0 Å². The smallest absolute Gasteiger partial charge is 0.315 e. The maximum Gasteiger partial charge on any atom is 0.315 e. The molecule has 39 heavy (non-hydrogen) atoms. The number of amides is 3. The average Bonchev–Trinajstić information content (AvgIpc) is 3.32. The van der Waals surface area contributed by atoms with E-state index < -0.39 is 11.1 Å². The molecule has 1 saturated carbocycles. The molecule has 3 amide bonds. The number of rotatable bonds is 13. The Morgan fingerprint density at radius 2 is 1.72 bits per heavy atom. The van der Waals surface area contributed by atoms with Gasteiger partial charge in [0.05, 0.1) is 23.3 Å². The summed E-state index contributed by atoms with van der Waals surface area (Å²) in [6.07, 6.45) is 5.00. The van der Waals surface area contributed by atoms with Gasteiger partial charge in [-0.05, 0) is 58.8 Å². The number of Topliss-reactive ketones (excluding diaryl/α,β-unsaturated/α-hetero) is 2. The first kappa shape index (κ1) is 31.5. The number of urea groups is 1. The van der Waals surface area contributed by atoms with Crippen molar-refractivity contribution in [2.75, 3.05) is 12.4 Å². The number of aliphatic hydroxyl groups is 1. The lowest BCUT2D eigenvalue weighted by atomic mass is 9.73. The number of aliphatic hydroxyl groups excluding tert-OH is 1. The highest BCUT2D eigenvalue weighted by Crippen LogP contribution is 2.36.